The van der Waals surface area contributed by atoms with E-state index < -0.39 is 17.6 Å². The van der Waals surface area contributed by atoms with Gasteiger partial charge in [-0.25, -0.2) is 9.18 Å². The van der Waals surface area contributed by atoms with Crippen molar-refractivity contribution >= 4 is 11.7 Å². The number of carboxylic acids is 1. The molecule has 1 aliphatic rings. The average molecular weight is 239 g/mol. The van der Waals surface area contributed by atoms with Gasteiger partial charge in [-0.2, -0.15) is 0 Å². The van der Waals surface area contributed by atoms with E-state index in [9.17, 15) is 14.3 Å². The Kier molecular flexibility index (Phi) is 3.02. The molecule has 0 bridgehead atoms. The average Bonchev–Trinajstić information content (AvgIpc) is 2.65. The molecule has 0 amide bonds. The molecule has 1 saturated heterocycles. The zero-order valence-corrected chi connectivity index (χ0v) is 9.44. The zero-order valence-electron chi connectivity index (χ0n) is 9.44. The molecule has 0 aromatic heterocycles. The van der Waals surface area contributed by atoms with Crippen LogP contribution in [0.2, 0.25) is 0 Å². The molecule has 0 spiro atoms. The van der Waals surface area contributed by atoms with E-state index >= 15 is 0 Å². The van der Waals surface area contributed by atoms with E-state index in [-0.39, 0.29) is 5.82 Å². The minimum Gasteiger partial charge on any atom is -0.479 e. The maximum absolute atomic E-state index is 12.8. The van der Waals surface area contributed by atoms with Crippen LogP contribution in [0.15, 0.2) is 24.3 Å². The Morgan fingerprint density at radius 2 is 2.18 bits per heavy atom. The highest BCUT2D eigenvalue weighted by Crippen LogP contribution is 2.30. The first-order valence-electron chi connectivity index (χ1n) is 5.43. The van der Waals surface area contributed by atoms with Gasteiger partial charge in [0.2, 0.25) is 0 Å². The summed E-state index contributed by atoms with van der Waals surface area (Å²) in [5, 5.41) is 12.3. The van der Waals surface area contributed by atoms with E-state index in [2.05, 4.69) is 5.32 Å². The van der Waals surface area contributed by atoms with Gasteiger partial charge < -0.3 is 15.2 Å². The molecule has 1 aliphatic heterocycles. The van der Waals surface area contributed by atoms with Crippen LogP contribution in [0.4, 0.5) is 10.1 Å². The van der Waals surface area contributed by atoms with E-state index in [1.165, 1.54) is 24.3 Å². The summed E-state index contributed by atoms with van der Waals surface area (Å²) < 4.78 is 18.1. The van der Waals surface area contributed by atoms with Crippen LogP contribution in [-0.4, -0.2) is 29.3 Å². The molecular weight excluding hydrogens is 225 g/mol. The number of carboxylic acid groups (broad SMARTS) is 1. The standard InChI is InChI=1S/C12H14FNO3/c1-8-12(11(15)16,6-7-17-8)14-10-4-2-9(13)3-5-10/h2-5,8,14H,6-7H2,1H3,(H,15,16). The van der Waals surface area contributed by atoms with Gasteiger partial charge in [0.25, 0.3) is 0 Å². The Morgan fingerprint density at radius 1 is 1.53 bits per heavy atom. The molecule has 5 heteroatoms. The quantitative estimate of drug-likeness (QED) is 0.845. The number of nitrogens with one attached hydrogen (secondary N) is 1. The van der Waals surface area contributed by atoms with Crippen molar-refractivity contribution in [3.63, 3.8) is 0 Å². The molecule has 92 valence electrons. The van der Waals surface area contributed by atoms with E-state index in [0.717, 1.165) is 0 Å². The molecule has 0 radical (unpaired) electrons. The van der Waals surface area contributed by atoms with Crippen molar-refractivity contribution in [2.75, 3.05) is 11.9 Å². The predicted molar refractivity (Wildman–Crippen MR) is 60.4 cm³/mol. The van der Waals surface area contributed by atoms with Gasteiger partial charge in [-0.05, 0) is 31.2 Å². The van der Waals surface area contributed by atoms with Crippen molar-refractivity contribution in [3.05, 3.63) is 30.1 Å². The summed E-state index contributed by atoms with van der Waals surface area (Å²) in [5.74, 6) is -1.30. The fraction of sp³-hybridized carbons (Fsp3) is 0.417. The topological polar surface area (TPSA) is 58.6 Å². The number of benzene rings is 1. The summed E-state index contributed by atoms with van der Waals surface area (Å²) in [6.45, 7) is 2.12. The van der Waals surface area contributed by atoms with E-state index in [4.69, 9.17) is 4.74 Å². The van der Waals surface area contributed by atoms with Crippen LogP contribution in [0.3, 0.4) is 0 Å². The molecule has 0 aliphatic carbocycles. The van der Waals surface area contributed by atoms with Gasteiger partial charge in [0.05, 0.1) is 6.10 Å². The molecule has 2 atom stereocenters. The van der Waals surface area contributed by atoms with Crippen molar-refractivity contribution in [2.45, 2.75) is 25.0 Å². The Hall–Kier alpha value is -1.62. The monoisotopic (exact) mass is 239 g/mol. The van der Waals surface area contributed by atoms with Gasteiger partial charge in [0, 0.05) is 18.7 Å². The lowest BCUT2D eigenvalue weighted by Gasteiger charge is -2.29. The van der Waals surface area contributed by atoms with Crippen molar-refractivity contribution in [3.8, 4) is 0 Å². The van der Waals surface area contributed by atoms with Crippen LogP contribution < -0.4 is 5.32 Å². The Bertz CT molecular complexity index is 420. The summed E-state index contributed by atoms with van der Waals surface area (Å²) >= 11 is 0. The first-order chi connectivity index (χ1) is 8.04. The summed E-state index contributed by atoms with van der Waals surface area (Å²) in [4.78, 5) is 11.4. The summed E-state index contributed by atoms with van der Waals surface area (Å²) in [6.07, 6.45) is -0.0361. The van der Waals surface area contributed by atoms with Gasteiger partial charge in [-0.1, -0.05) is 0 Å². The molecular formula is C12H14FNO3. The Balaban J connectivity index is 2.24. The van der Waals surface area contributed by atoms with E-state index in [1.54, 1.807) is 6.92 Å². The fourth-order valence-corrected chi connectivity index (χ4v) is 2.03. The minimum atomic E-state index is -1.13. The molecule has 0 saturated carbocycles. The second-order valence-corrected chi connectivity index (χ2v) is 4.17. The van der Waals surface area contributed by atoms with E-state index in [1.807, 2.05) is 0 Å². The van der Waals surface area contributed by atoms with Gasteiger partial charge in [-0.3, -0.25) is 0 Å². The number of rotatable bonds is 3. The second kappa shape index (κ2) is 4.33. The van der Waals surface area contributed by atoms with Gasteiger partial charge >= 0.3 is 5.97 Å². The normalized spacial score (nSPS) is 28.0. The molecule has 1 fully saturated rings. The summed E-state index contributed by atoms with van der Waals surface area (Å²) in [5.41, 5.74) is -0.552. The molecule has 17 heavy (non-hydrogen) atoms. The third-order valence-corrected chi connectivity index (χ3v) is 3.15. The highest BCUT2D eigenvalue weighted by Gasteiger charge is 2.48. The van der Waals surface area contributed by atoms with Crippen molar-refractivity contribution in [2.24, 2.45) is 0 Å². The van der Waals surface area contributed by atoms with Gasteiger partial charge in [0.1, 0.15) is 5.82 Å². The molecule has 1 aromatic rings. The van der Waals surface area contributed by atoms with Crippen LogP contribution >= 0.6 is 0 Å². The van der Waals surface area contributed by atoms with Crippen LogP contribution in [0.1, 0.15) is 13.3 Å². The van der Waals surface area contributed by atoms with Crippen LogP contribution in [0.5, 0.6) is 0 Å². The number of carbonyl (C=O) groups is 1. The fourth-order valence-electron chi connectivity index (χ4n) is 2.03. The SMILES string of the molecule is CC1OCCC1(Nc1ccc(F)cc1)C(=O)O. The summed E-state index contributed by atoms with van der Waals surface area (Å²) in [6, 6.07) is 5.62. The number of halogens is 1. The number of ether oxygens (including phenoxy) is 1. The van der Waals surface area contributed by atoms with Crippen molar-refractivity contribution in [1.82, 2.24) is 0 Å². The largest absolute Gasteiger partial charge is 0.479 e. The van der Waals surface area contributed by atoms with Crippen molar-refractivity contribution < 1.29 is 19.0 Å². The number of hydrogen-bond acceptors (Lipinski definition) is 3. The van der Waals surface area contributed by atoms with Crippen LogP contribution in [-0.2, 0) is 9.53 Å². The Labute approximate surface area is 98.4 Å². The minimum absolute atomic E-state index is 0.351. The van der Waals surface area contributed by atoms with Crippen molar-refractivity contribution in [1.29, 1.82) is 0 Å². The van der Waals surface area contributed by atoms with E-state index in [0.29, 0.717) is 18.7 Å². The molecule has 4 nitrogen and oxygen atoms in total. The molecule has 1 aromatic carbocycles. The first-order valence-corrected chi connectivity index (χ1v) is 5.43. The van der Waals surface area contributed by atoms with Crippen LogP contribution in [0, 0.1) is 5.82 Å². The smallest absolute Gasteiger partial charge is 0.332 e. The number of anilines is 1. The molecule has 2 rings (SSSR count). The highest BCUT2D eigenvalue weighted by atomic mass is 19.1. The van der Waals surface area contributed by atoms with Crippen LogP contribution in [0.25, 0.3) is 0 Å². The van der Waals surface area contributed by atoms with Gasteiger partial charge in [-0.15, -0.1) is 0 Å². The third kappa shape index (κ3) is 2.10. The molecule has 1 heterocycles. The highest BCUT2D eigenvalue weighted by molar-refractivity contribution is 5.84. The maximum Gasteiger partial charge on any atom is 0.332 e. The maximum atomic E-state index is 12.8. The zero-order chi connectivity index (χ0) is 12.5. The Morgan fingerprint density at radius 3 is 2.65 bits per heavy atom. The lowest BCUT2D eigenvalue weighted by Crippen LogP contribution is -2.51. The number of aliphatic carboxylic acids is 1. The molecule has 2 N–H and O–H groups in total. The predicted octanol–water partition coefficient (Wildman–Crippen LogP) is 1.87. The lowest BCUT2D eigenvalue weighted by atomic mass is 9.91. The summed E-state index contributed by atoms with van der Waals surface area (Å²) in [7, 11) is 0. The lowest BCUT2D eigenvalue weighted by molar-refractivity contribution is -0.143. The third-order valence-electron chi connectivity index (χ3n) is 3.15. The second-order valence-electron chi connectivity index (χ2n) is 4.17. The molecule has 2 unspecified atom stereocenters. The van der Waals surface area contributed by atoms with Gasteiger partial charge in [0.15, 0.2) is 5.54 Å². The first kappa shape index (κ1) is 11.9. The number of hydrogen-bond donors (Lipinski definition) is 2.